The Balaban J connectivity index is 2.52. The quantitative estimate of drug-likeness (QED) is 0.580. The summed E-state index contributed by atoms with van der Waals surface area (Å²) in [4.78, 5) is 28.4. The first-order chi connectivity index (χ1) is 10.4. The number of rotatable bonds is 5. The third-order valence-electron chi connectivity index (χ3n) is 3.15. The number of nitrogens with one attached hydrogen (secondary N) is 2. The SMILES string of the molecule is CCOc1ccc(C(C)=O)cc1Cc1c(O)[nH]c(=S)[nH]c1=O. The minimum absolute atomic E-state index is 0.0498. The molecule has 0 saturated carbocycles. The van der Waals surface area contributed by atoms with E-state index in [2.05, 4.69) is 9.97 Å². The molecule has 0 bridgehead atoms. The standard InChI is InChI=1S/C15H16N2O4S/c1-3-21-12-5-4-9(8(2)18)6-10(12)7-11-13(19)16-15(22)17-14(11)20/h4-6H,3,7H2,1-2H3,(H3,16,17,19,20,22). The molecule has 22 heavy (non-hydrogen) atoms. The van der Waals surface area contributed by atoms with E-state index in [0.29, 0.717) is 23.5 Å². The summed E-state index contributed by atoms with van der Waals surface area (Å²) in [6, 6.07) is 5.01. The van der Waals surface area contributed by atoms with Gasteiger partial charge < -0.3 is 14.8 Å². The molecule has 2 rings (SSSR count). The average molecular weight is 320 g/mol. The molecule has 0 fully saturated rings. The molecule has 0 aliphatic carbocycles. The van der Waals surface area contributed by atoms with Crippen molar-refractivity contribution in [3.8, 4) is 11.6 Å². The van der Waals surface area contributed by atoms with E-state index in [-0.39, 0.29) is 28.4 Å². The lowest BCUT2D eigenvalue weighted by atomic mass is 10.0. The van der Waals surface area contributed by atoms with Crippen LogP contribution < -0.4 is 10.3 Å². The van der Waals surface area contributed by atoms with E-state index >= 15 is 0 Å². The van der Waals surface area contributed by atoms with Crippen LogP contribution in [0.25, 0.3) is 0 Å². The average Bonchev–Trinajstić information content (AvgIpc) is 2.44. The second kappa shape index (κ2) is 6.57. The van der Waals surface area contributed by atoms with Crippen molar-refractivity contribution < 1.29 is 14.6 Å². The zero-order chi connectivity index (χ0) is 16.3. The van der Waals surface area contributed by atoms with E-state index in [9.17, 15) is 14.7 Å². The number of benzene rings is 1. The molecule has 2 aromatic rings. The maximum atomic E-state index is 11.9. The van der Waals surface area contributed by atoms with E-state index in [1.54, 1.807) is 18.2 Å². The van der Waals surface area contributed by atoms with Gasteiger partial charge in [0.05, 0.1) is 12.2 Å². The van der Waals surface area contributed by atoms with Crippen molar-refractivity contribution in [3.63, 3.8) is 0 Å². The Morgan fingerprint density at radius 3 is 2.68 bits per heavy atom. The number of aromatic amines is 2. The van der Waals surface area contributed by atoms with Crippen LogP contribution >= 0.6 is 12.2 Å². The number of hydrogen-bond donors (Lipinski definition) is 3. The molecular weight excluding hydrogens is 304 g/mol. The lowest BCUT2D eigenvalue weighted by Crippen LogP contribution is -2.15. The summed E-state index contributed by atoms with van der Waals surface area (Å²) < 4.78 is 5.56. The highest BCUT2D eigenvalue weighted by Gasteiger charge is 2.14. The zero-order valence-electron chi connectivity index (χ0n) is 12.2. The first-order valence-electron chi connectivity index (χ1n) is 6.73. The molecule has 0 unspecified atom stereocenters. The summed E-state index contributed by atoms with van der Waals surface area (Å²) in [6.07, 6.45) is 0.115. The molecule has 0 saturated heterocycles. The minimum atomic E-state index is -0.475. The lowest BCUT2D eigenvalue weighted by molar-refractivity contribution is 0.101. The van der Waals surface area contributed by atoms with Crippen LogP contribution in [0.4, 0.5) is 0 Å². The van der Waals surface area contributed by atoms with Crippen molar-refractivity contribution in [2.24, 2.45) is 0 Å². The molecule has 1 heterocycles. The Kier molecular flexibility index (Phi) is 4.77. The van der Waals surface area contributed by atoms with Crippen LogP contribution in [0.3, 0.4) is 0 Å². The van der Waals surface area contributed by atoms with E-state index in [4.69, 9.17) is 17.0 Å². The number of Topliss-reactive ketones (excluding diaryl/α,β-unsaturated/α-hetero) is 1. The first-order valence-corrected chi connectivity index (χ1v) is 7.14. The highest BCUT2D eigenvalue weighted by Crippen LogP contribution is 2.24. The molecule has 1 aromatic carbocycles. The summed E-state index contributed by atoms with van der Waals surface area (Å²) in [5.41, 5.74) is 0.811. The van der Waals surface area contributed by atoms with Crippen molar-refractivity contribution in [3.05, 3.63) is 50.0 Å². The van der Waals surface area contributed by atoms with Crippen molar-refractivity contribution in [2.45, 2.75) is 20.3 Å². The highest BCUT2D eigenvalue weighted by atomic mass is 32.1. The second-order valence-corrected chi connectivity index (χ2v) is 5.13. The topological polar surface area (TPSA) is 95.2 Å². The fourth-order valence-electron chi connectivity index (χ4n) is 2.09. The van der Waals surface area contributed by atoms with Crippen molar-refractivity contribution in [1.29, 1.82) is 0 Å². The summed E-state index contributed by atoms with van der Waals surface area (Å²) in [7, 11) is 0. The third-order valence-corrected chi connectivity index (χ3v) is 3.36. The number of carbonyl (C=O) groups is 1. The zero-order valence-corrected chi connectivity index (χ0v) is 13.0. The number of aromatic nitrogens is 2. The van der Waals surface area contributed by atoms with Gasteiger partial charge in [0.2, 0.25) is 0 Å². The maximum Gasteiger partial charge on any atom is 0.259 e. The molecule has 3 N–H and O–H groups in total. The van der Waals surface area contributed by atoms with Crippen LogP contribution in [0.2, 0.25) is 0 Å². The molecule has 7 heteroatoms. The Morgan fingerprint density at radius 1 is 1.36 bits per heavy atom. The van der Waals surface area contributed by atoms with Gasteiger partial charge in [-0.2, -0.15) is 0 Å². The fourth-order valence-corrected chi connectivity index (χ4v) is 2.28. The first kappa shape index (κ1) is 16.0. The van der Waals surface area contributed by atoms with Gasteiger partial charge >= 0.3 is 0 Å². The molecule has 0 atom stereocenters. The predicted octanol–water partition coefficient (Wildman–Crippen LogP) is 2.33. The van der Waals surface area contributed by atoms with Crippen LogP contribution in [-0.4, -0.2) is 27.5 Å². The van der Waals surface area contributed by atoms with E-state index < -0.39 is 5.56 Å². The molecule has 0 amide bonds. The fraction of sp³-hybridized carbons (Fsp3) is 0.267. The van der Waals surface area contributed by atoms with Gasteiger partial charge in [0.25, 0.3) is 5.56 Å². The molecule has 116 valence electrons. The van der Waals surface area contributed by atoms with Gasteiger partial charge in [0, 0.05) is 12.0 Å². The summed E-state index contributed by atoms with van der Waals surface area (Å²) in [5.74, 6) is 0.188. The van der Waals surface area contributed by atoms with Gasteiger partial charge in [-0.15, -0.1) is 0 Å². The molecule has 6 nitrogen and oxygen atoms in total. The molecule has 0 radical (unpaired) electrons. The summed E-state index contributed by atoms with van der Waals surface area (Å²) in [5, 5.41) is 9.88. The maximum absolute atomic E-state index is 11.9. The normalized spacial score (nSPS) is 10.5. The largest absolute Gasteiger partial charge is 0.494 e. The second-order valence-electron chi connectivity index (χ2n) is 4.72. The monoisotopic (exact) mass is 320 g/mol. The molecule has 0 aliphatic heterocycles. The molecule has 1 aromatic heterocycles. The van der Waals surface area contributed by atoms with E-state index in [0.717, 1.165) is 0 Å². The van der Waals surface area contributed by atoms with Gasteiger partial charge in [-0.25, -0.2) is 0 Å². The van der Waals surface area contributed by atoms with Gasteiger partial charge in [0.1, 0.15) is 5.75 Å². The summed E-state index contributed by atoms with van der Waals surface area (Å²) >= 11 is 4.79. The van der Waals surface area contributed by atoms with Gasteiger partial charge in [-0.1, -0.05) is 0 Å². The number of hydrogen-bond acceptors (Lipinski definition) is 5. The van der Waals surface area contributed by atoms with Crippen molar-refractivity contribution in [2.75, 3.05) is 6.61 Å². The van der Waals surface area contributed by atoms with Crippen molar-refractivity contribution in [1.82, 2.24) is 9.97 Å². The number of ketones is 1. The van der Waals surface area contributed by atoms with Crippen LogP contribution in [-0.2, 0) is 6.42 Å². The van der Waals surface area contributed by atoms with Gasteiger partial charge in [0.15, 0.2) is 16.4 Å². The van der Waals surface area contributed by atoms with E-state index in [1.165, 1.54) is 6.92 Å². The van der Waals surface area contributed by atoms with Gasteiger partial charge in [-0.3, -0.25) is 14.6 Å². The Labute approximate surface area is 131 Å². The van der Waals surface area contributed by atoms with Gasteiger partial charge in [-0.05, 0) is 49.8 Å². The van der Waals surface area contributed by atoms with Crippen LogP contribution in [0.15, 0.2) is 23.0 Å². The Morgan fingerprint density at radius 2 is 2.09 bits per heavy atom. The number of aromatic hydroxyl groups is 1. The summed E-state index contributed by atoms with van der Waals surface area (Å²) in [6.45, 7) is 3.75. The van der Waals surface area contributed by atoms with E-state index in [1.807, 2.05) is 6.92 Å². The minimum Gasteiger partial charge on any atom is -0.494 e. The molecule has 0 aliphatic rings. The lowest BCUT2D eigenvalue weighted by Gasteiger charge is -2.12. The number of H-pyrrole nitrogens is 2. The smallest absolute Gasteiger partial charge is 0.259 e. The number of carbonyl (C=O) groups excluding carboxylic acids is 1. The molecular formula is C15H16N2O4S. The predicted molar refractivity (Wildman–Crippen MR) is 84.3 cm³/mol. The van der Waals surface area contributed by atoms with Crippen LogP contribution in [0.1, 0.15) is 35.3 Å². The molecule has 0 spiro atoms. The number of ether oxygens (including phenoxy) is 1. The Hall–Kier alpha value is -2.41. The third kappa shape index (κ3) is 3.43. The Bertz CT molecular complexity index is 823. The highest BCUT2D eigenvalue weighted by molar-refractivity contribution is 7.71. The van der Waals surface area contributed by atoms with Crippen molar-refractivity contribution >= 4 is 18.0 Å². The van der Waals surface area contributed by atoms with Crippen LogP contribution in [0.5, 0.6) is 11.6 Å². The van der Waals surface area contributed by atoms with Crippen LogP contribution in [0, 0.1) is 4.77 Å².